The lowest BCUT2D eigenvalue weighted by atomic mass is 10.0. The topological polar surface area (TPSA) is 59.1 Å². The predicted octanol–water partition coefficient (Wildman–Crippen LogP) is 3.51. The van der Waals surface area contributed by atoms with Crippen molar-refractivity contribution in [3.8, 4) is 0 Å². The number of aromatic nitrogens is 1. The van der Waals surface area contributed by atoms with Crippen molar-refractivity contribution in [1.29, 1.82) is 0 Å². The Hall–Kier alpha value is -1.24. The first-order valence-electron chi connectivity index (χ1n) is 7.44. The number of sulfonamides is 1. The minimum Gasteiger partial charge on any atom is -0.248 e. The summed E-state index contributed by atoms with van der Waals surface area (Å²) in [7, 11) is -3.56. The van der Waals surface area contributed by atoms with E-state index < -0.39 is 15.6 Å². The van der Waals surface area contributed by atoms with Crippen molar-refractivity contribution in [2.24, 2.45) is 0 Å². The molecule has 1 aliphatic rings. The van der Waals surface area contributed by atoms with Crippen molar-refractivity contribution in [3.05, 3.63) is 45.9 Å². The summed E-state index contributed by atoms with van der Waals surface area (Å²) in [6, 6.07) is 5.53. The third-order valence-corrected chi connectivity index (χ3v) is 6.92. The number of nitrogens with zero attached hydrogens (tertiary/aromatic N) is 1. The van der Waals surface area contributed by atoms with Gasteiger partial charge in [0.05, 0.1) is 10.4 Å². The monoisotopic (exact) mass is 336 g/mol. The van der Waals surface area contributed by atoms with Crippen LogP contribution in [0.2, 0.25) is 0 Å². The first-order chi connectivity index (χ1) is 10.4. The van der Waals surface area contributed by atoms with Crippen molar-refractivity contribution < 1.29 is 8.42 Å². The number of aryl methyl sites for hydroxylation is 2. The van der Waals surface area contributed by atoms with Crippen molar-refractivity contribution >= 4 is 21.4 Å². The second-order valence-corrected chi connectivity index (χ2v) is 8.55. The number of thiazole rings is 1. The Balaban J connectivity index is 2.01. The molecule has 0 saturated heterocycles. The van der Waals surface area contributed by atoms with Crippen molar-refractivity contribution in [2.45, 2.75) is 50.0 Å². The Kier molecular flexibility index (Phi) is 4.09. The molecule has 6 heteroatoms. The molecule has 1 aromatic heterocycles. The quantitative estimate of drug-likeness (QED) is 0.929. The highest BCUT2D eigenvalue weighted by Gasteiger charge is 2.41. The van der Waals surface area contributed by atoms with Gasteiger partial charge in [-0.05, 0) is 43.9 Å². The fraction of sp³-hybridized carbons (Fsp3) is 0.438. The summed E-state index contributed by atoms with van der Waals surface area (Å²) in [5, 5.41) is 2.78. The highest BCUT2D eigenvalue weighted by Crippen LogP contribution is 2.41. The van der Waals surface area contributed by atoms with Crippen LogP contribution >= 0.6 is 11.3 Å². The molecular weight excluding hydrogens is 316 g/mol. The third kappa shape index (κ3) is 2.83. The highest BCUT2D eigenvalue weighted by atomic mass is 32.2. The lowest BCUT2D eigenvalue weighted by molar-refractivity contribution is 0.402. The van der Waals surface area contributed by atoms with Crippen molar-refractivity contribution in [2.75, 3.05) is 0 Å². The SMILES string of the molecule is Cc1ccc(C)c(S(=O)(=O)NC2(c3nccs3)CCCC2)c1. The molecule has 0 amide bonds. The lowest BCUT2D eigenvalue weighted by Gasteiger charge is -2.28. The number of nitrogens with one attached hydrogen (secondary N) is 1. The Morgan fingerprint density at radius 1 is 1.23 bits per heavy atom. The van der Waals surface area contributed by atoms with Gasteiger partial charge in [-0.2, -0.15) is 4.72 Å². The van der Waals surface area contributed by atoms with Gasteiger partial charge in [0.25, 0.3) is 0 Å². The molecule has 22 heavy (non-hydrogen) atoms. The minimum absolute atomic E-state index is 0.371. The third-order valence-electron chi connectivity index (χ3n) is 4.26. The number of hydrogen-bond donors (Lipinski definition) is 1. The summed E-state index contributed by atoms with van der Waals surface area (Å²) >= 11 is 1.52. The van der Waals surface area contributed by atoms with Crippen LogP contribution in [0.5, 0.6) is 0 Å². The largest absolute Gasteiger partial charge is 0.248 e. The van der Waals surface area contributed by atoms with Gasteiger partial charge >= 0.3 is 0 Å². The maximum absolute atomic E-state index is 12.9. The van der Waals surface area contributed by atoms with E-state index in [1.54, 1.807) is 12.3 Å². The number of hydrogen-bond acceptors (Lipinski definition) is 4. The molecule has 1 saturated carbocycles. The summed E-state index contributed by atoms with van der Waals surface area (Å²) in [6.07, 6.45) is 5.41. The van der Waals surface area contributed by atoms with E-state index in [-0.39, 0.29) is 0 Å². The fourth-order valence-corrected chi connectivity index (χ4v) is 5.78. The Morgan fingerprint density at radius 3 is 2.59 bits per heavy atom. The van der Waals surface area contributed by atoms with Gasteiger partial charge in [0.1, 0.15) is 5.01 Å². The van der Waals surface area contributed by atoms with Gasteiger partial charge < -0.3 is 0 Å². The summed E-state index contributed by atoms with van der Waals surface area (Å²) in [6.45, 7) is 3.74. The molecule has 1 aromatic carbocycles. The Bertz CT molecular complexity index is 761. The maximum atomic E-state index is 12.9. The van der Waals surface area contributed by atoms with Crippen LogP contribution in [-0.4, -0.2) is 13.4 Å². The number of rotatable bonds is 4. The van der Waals surface area contributed by atoms with Gasteiger partial charge in [0.15, 0.2) is 0 Å². The molecule has 1 N–H and O–H groups in total. The lowest BCUT2D eigenvalue weighted by Crippen LogP contribution is -2.43. The zero-order chi connectivity index (χ0) is 15.8. The fourth-order valence-electron chi connectivity index (χ4n) is 3.11. The van der Waals surface area contributed by atoms with Crippen LogP contribution in [0.4, 0.5) is 0 Å². The molecule has 0 unspecified atom stereocenters. The maximum Gasteiger partial charge on any atom is 0.241 e. The molecule has 0 atom stereocenters. The molecule has 0 aliphatic heterocycles. The van der Waals surface area contributed by atoms with Crippen LogP contribution in [0.15, 0.2) is 34.7 Å². The summed E-state index contributed by atoms with van der Waals surface area (Å²) in [4.78, 5) is 4.75. The molecule has 1 fully saturated rings. The molecule has 118 valence electrons. The van der Waals surface area contributed by atoms with Crippen LogP contribution in [-0.2, 0) is 15.6 Å². The van der Waals surface area contributed by atoms with Crippen LogP contribution in [0, 0.1) is 13.8 Å². The van der Waals surface area contributed by atoms with Gasteiger partial charge in [-0.25, -0.2) is 13.4 Å². The second-order valence-electron chi connectivity index (χ2n) is 6.00. The average Bonchev–Trinajstić information content (AvgIpc) is 3.12. The normalized spacial score (nSPS) is 17.7. The molecule has 0 bridgehead atoms. The first-order valence-corrected chi connectivity index (χ1v) is 9.80. The van der Waals surface area contributed by atoms with Gasteiger partial charge in [0.2, 0.25) is 10.0 Å². The molecule has 1 heterocycles. The minimum atomic E-state index is -3.56. The van der Waals surface area contributed by atoms with Crippen molar-refractivity contribution in [3.63, 3.8) is 0 Å². The van der Waals surface area contributed by atoms with E-state index >= 15 is 0 Å². The first kappa shape index (κ1) is 15.6. The van der Waals surface area contributed by atoms with E-state index in [1.165, 1.54) is 11.3 Å². The van der Waals surface area contributed by atoms with Crippen LogP contribution in [0.1, 0.15) is 41.8 Å². The molecule has 1 aliphatic carbocycles. The molecule has 4 nitrogen and oxygen atoms in total. The number of benzene rings is 1. The van der Waals surface area contributed by atoms with Gasteiger partial charge in [-0.3, -0.25) is 0 Å². The van der Waals surface area contributed by atoms with E-state index in [0.29, 0.717) is 4.90 Å². The molecular formula is C16H20N2O2S2. The highest BCUT2D eigenvalue weighted by molar-refractivity contribution is 7.89. The van der Waals surface area contributed by atoms with E-state index in [4.69, 9.17) is 0 Å². The van der Waals surface area contributed by atoms with E-state index in [0.717, 1.165) is 41.8 Å². The van der Waals surface area contributed by atoms with Crippen molar-refractivity contribution in [1.82, 2.24) is 9.71 Å². The average molecular weight is 336 g/mol. The predicted molar refractivity (Wildman–Crippen MR) is 88.5 cm³/mol. The zero-order valence-electron chi connectivity index (χ0n) is 12.8. The van der Waals surface area contributed by atoms with E-state index in [9.17, 15) is 8.42 Å². The van der Waals surface area contributed by atoms with Gasteiger partial charge in [0, 0.05) is 11.6 Å². The Morgan fingerprint density at radius 2 is 1.95 bits per heavy atom. The van der Waals surface area contributed by atoms with Crippen LogP contribution < -0.4 is 4.72 Å². The second kappa shape index (κ2) is 5.76. The van der Waals surface area contributed by atoms with Crippen LogP contribution in [0.25, 0.3) is 0 Å². The standard InChI is InChI=1S/C16H20N2O2S2/c1-12-5-6-13(2)14(11-12)22(19,20)18-16(7-3-4-8-16)15-17-9-10-21-15/h5-6,9-11,18H,3-4,7-8H2,1-2H3. The van der Waals surface area contributed by atoms with Gasteiger partial charge in [-0.1, -0.05) is 25.0 Å². The summed E-state index contributed by atoms with van der Waals surface area (Å²) < 4.78 is 28.8. The van der Waals surface area contributed by atoms with E-state index in [1.807, 2.05) is 31.4 Å². The Labute approximate surface area is 135 Å². The summed E-state index contributed by atoms with van der Waals surface area (Å²) in [5.41, 5.74) is 1.18. The summed E-state index contributed by atoms with van der Waals surface area (Å²) in [5.74, 6) is 0. The molecule has 0 spiro atoms. The molecule has 3 rings (SSSR count). The molecule has 0 radical (unpaired) electrons. The van der Waals surface area contributed by atoms with E-state index in [2.05, 4.69) is 9.71 Å². The van der Waals surface area contributed by atoms with Crippen LogP contribution in [0.3, 0.4) is 0 Å². The smallest absolute Gasteiger partial charge is 0.241 e. The zero-order valence-corrected chi connectivity index (χ0v) is 14.4. The molecule has 2 aromatic rings. The van der Waals surface area contributed by atoms with Gasteiger partial charge in [-0.15, -0.1) is 11.3 Å².